The Morgan fingerprint density at radius 2 is 1.96 bits per heavy atom. The van der Waals surface area contributed by atoms with E-state index in [1.54, 1.807) is 17.2 Å². The number of aromatic nitrogens is 5. The summed E-state index contributed by atoms with van der Waals surface area (Å²) < 4.78 is 1.77. The highest BCUT2D eigenvalue weighted by atomic mass is 32.1. The number of thiazole rings is 1. The van der Waals surface area contributed by atoms with E-state index in [1.165, 1.54) is 17.7 Å². The van der Waals surface area contributed by atoms with Crippen molar-refractivity contribution >= 4 is 17.2 Å². The van der Waals surface area contributed by atoms with Crippen molar-refractivity contribution in [1.82, 2.24) is 30.0 Å². The summed E-state index contributed by atoms with van der Waals surface area (Å²) in [6.07, 6.45) is 4.92. The quantitative estimate of drug-likeness (QED) is 0.547. The highest BCUT2D eigenvalue weighted by molar-refractivity contribution is 7.17. The molecule has 1 amide bonds. The van der Waals surface area contributed by atoms with Crippen molar-refractivity contribution in [2.45, 2.75) is 20.0 Å². The van der Waals surface area contributed by atoms with Gasteiger partial charge in [0.15, 0.2) is 0 Å². The molecule has 1 N–H and O–H groups in total. The minimum atomic E-state index is -0.121. The number of aryl methyl sites for hydroxylation is 1. The average Bonchev–Trinajstić information content (AvgIpc) is 3.37. The number of amides is 1. The molecule has 0 saturated carbocycles. The molecule has 4 rings (SSSR count). The third kappa shape index (κ3) is 4.12. The fraction of sp³-hybridized carbons (Fsp3) is 0.150. The van der Waals surface area contributed by atoms with Crippen LogP contribution in [0.3, 0.4) is 0 Å². The lowest BCUT2D eigenvalue weighted by Gasteiger charge is -2.06. The maximum atomic E-state index is 12.6. The predicted molar refractivity (Wildman–Crippen MR) is 107 cm³/mol. The maximum absolute atomic E-state index is 12.6. The smallest absolute Gasteiger partial charge is 0.263 e. The minimum absolute atomic E-state index is 0.121. The summed E-state index contributed by atoms with van der Waals surface area (Å²) in [7, 11) is 0. The van der Waals surface area contributed by atoms with Crippen molar-refractivity contribution in [1.29, 1.82) is 0 Å². The number of hydrogen-bond acceptors (Lipinski definition) is 6. The Labute approximate surface area is 166 Å². The summed E-state index contributed by atoms with van der Waals surface area (Å²) in [5, 5.41) is 7.82. The number of nitrogens with one attached hydrogen (secondary N) is 1. The van der Waals surface area contributed by atoms with Crippen molar-refractivity contribution in [3.63, 3.8) is 0 Å². The summed E-state index contributed by atoms with van der Waals surface area (Å²) in [5.41, 5.74) is 3.64. The Kier molecular flexibility index (Phi) is 5.20. The van der Waals surface area contributed by atoms with Crippen molar-refractivity contribution in [2.24, 2.45) is 0 Å². The van der Waals surface area contributed by atoms with Gasteiger partial charge in [0.25, 0.3) is 5.91 Å². The summed E-state index contributed by atoms with van der Waals surface area (Å²) in [6, 6.07) is 13.7. The minimum Gasteiger partial charge on any atom is -0.347 e. The first kappa shape index (κ1) is 18.0. The molecule has 0 aliphatic carbocycles. The zero-order valence-corrected chi connectivity index (χ0v) is 16.1. The first-order valence-electron chi connectivity index (χ1n) is 8.76. The number of rotatable bonds is 6. The molecular formula is C20H18N6OS. The molecule has 4 aromatic rings. The van der Waals surface area contributed by atoms with E-state index in [0.717, 1.165) is 21.8 Å². The third-order valence-corrected chi connectivity index (χ3v) is 5.35. The molecule has 7 nitrogen and oxygen atoms in total. The van der Waals surface area contributed by atoms with Gasteiger partial charge in [-0.15, -0.1) is 11.3 Å². The van der Waals surface area contributed by atoms with Gasteiger partial charge in [0.1, 0.15) is 22.5 Å². The maximum Gasteiger partial charge on any atom is 0.263 e. The van der Waals surface area contributed by atoms with Gasteiger partial charge in [-0.25, -0.2) is 14.6 Å². The lowest BCUT2D eigenvalue weighted by atomic mass is 10.1. The fourth-order valence-electron chi connectivity index (χ4n) is 2.73. The molecule has 28 heavy (non-hydrogen) atoms. The molecule has 0 spiro atoms. The summed E-state index contributed by atoms with van der Waals surface area (Å²) in [4.78, 5) is 25.9. The summed E-state index contributed by atoms with van der Waals surface area (Å²) >= 11 is 1.36. The Hall–Kier alpha value is -3.39. The van der Waals surface area contributed by atoms with Gasteiger partial charge in [0, 0.05) is 12.7 Å². The van der Waals surface area contributed by atoms with Crippen LogP contribution >= 0.6 is 11.3 Å². The third-order valence-electron chi connectivity index (χ3n) is 4.17. The second kappa shape index (κ2) is 8.10. The van der Waals surface area contributed by atoms with Crippen LogP contribution in [0.4, 0.5) is 0 Å². The fourth-order valence-corrected chi connectivity index (χ4v) is 3.69. The molecule has 3 aromatic heterocycles. The van der Waals surface area contributed by atoms with Crippen molar-refractivity contribution < 1.29 is 4.79 Å². The Morgan fingerprint density at radius 3 is 2.68 bits per heavy atom. The van der Waals surface area contributed by atoms with Gasteiger partial charge in [-0.2, -0.15) is 5.10 Å². The van der Waals surface area contributed by atoms with Crippen LogP contribution in [-0.2, 0) is 13.1 Å². The van der Waals surface area contributed by atoms with E-state index in [2.05, 4.69) is 25.4 Å². The van der Waals surface area contributed by atoms with Gasteiger partial charge < -0.3 is 5.32 Å². The Bertz CT molecular complexity index is 1060. The van der Waals surface area contributed by atoms with Gasteiger partial charge in [-0.05, 0) is 30.2 Å². The molecule has 0 aliphatic heterocycles. The van der Waals surface area contributed by atoms with Crippen molar-refractivity contribution in [2.75, 3.05) is 0 Å². The van der Waals surface area contributed by atoms with Gasteiger partial charge in [-0.3, -0.25) is 9.78 Å². The van der Waals surface area contributed by atoms with Crippen molar-refractivity contribution in [3.05, 3.63) is 83.0 Å². The van der Waals surface area contributed by atoms with Crippen LogP contribution < -0.4 is 5.32 Å². The average molecular weight is 390 g/mol. The van der Waals surface area contributed by atoms with Crippen LogP contribution in [0.1, 0.15) is 26.5 Å². The molecule has 3 heterocycles. The van der Waals surface area contributed by atoms with Gasteiger partial charge in [0.2, 0.25) is 0 Å². The summed E-state index contributed by atoms with van der Waals surface area (Å²) in [6.45, 7) is 2.97. The van der Waals surface area contributed by atoms with E-state index in [9.17, 15) is 4.79 Å². The molecule has 0 bridgehead atoms. The number of pyridine rings is 1. The normalized spacial score (nSPS) is 10.8. The Balaban J connectivity index is 1.38. The van der Waals surface area contributed by atoms with Gasteiger partial charge in [-0.1, -0.05) is 30.3 Å². The monoisotopic (exact) mass is 390 g/mol. The second-order valence-corrected chi connectivity index (χ2v) is 7.24. The standard InChI is InChI=1S/C20H18N6OS/c1-14-18(28-20(25-14)17-4-2-3-9-22-17)19(27)23-10-15-5-7-16(8-6-15)11-26-13-21-12-24-26/h2-9,12-13H,10-11H2,1H3,(H,23,27). The van der Waals surface area contributed by atoms with Crippen molar-refractivity contribution in [3.8, 4) is 10.7 Å². The van der Waals surface area contributed by atoms with Gasteiger partial charge in [0.05, 0.1) is 17.9 Å². The molecule has 1 aromatic carbocycles. The zero-order valence-electron chi connectivity index (χ0n) is 15.2. The lowest BCUT2D eigenvalue weighted by Crippen LogP contribution is -2.22. The number of nitrogens with zero attached hydrogens (tertiary/aromatic N) is 5. The number of carbonyl (C=O) groups excluding carboxylic acids is 1. The van der Waals surface area contributed by atoms with Crippen LogP contribution in [0, 0.1) is 6.92 Å². The van der Waals surface area contributed by atoms with Crippen LogP contribution in [0.2, 0.25) is 0 Å². The lowest BCUT2D eigenvalue weighted by molar-refractivity contribution is 0.0954. The predicted octanol–water partition coefficient (Wildman–Crippen LogP) is 3.08. The summed E-state index contributed by atoms with van der Waals surface area (Å²) in [5.74, 6) is -0.121. The topological polar surface area (TPSA) is 85.6 Å². The molecule has 0 aliphatic rings. The first-order chi connectivity index (χ1) is 13.7. The van der Waals surface area contributed by atoms with E-state index in [-0.39, 0.29) is 5.91 Å². The van der Waals surface area contributed by atoms with E-state index in [1.807, 2.05) is 49.4 Å². The SMILES string of the molecule is Cc1nc(-c2ccccn2)sc1C(=O)NCc1ccc(Cn2cncn2)cc1. The largest absolute Gasteiger partial charge is 0.347 e. The van der Waals surface area contributed by atoms with Crippen LogP contribution in [-0.4, -0.2) is 30.6 Å². The van der Waals surface area contributed by atoms with Crippen LogP contribution in [0.5, 0.6) is 0 Å². The molecule has 0 fully saturated rings. The highest BCUT2D eigenvalue weighted by Crippen LogP contribution is 2.26. The number of carbonyl (C=O) groups is 1. The molecule has 0 saturated heterocycles. The van der Waals surface area contributed by atoms with E-state index < -0.39 is 0 Å². The highest BCUT2D eigenvalue weighted by Gasteiger charge is 2.16. The zero-order chi connectivity index (χ0) is 19.3. The molecule has 0 unspecified atom stereocenters. The first-order valence-corrected chi connectivity index (χ1v) is 9.58. The molecular weight excluding hydrogens is 372 g/mol. The van der Waals surface area contributed by atoms with E-state index >= 15 is 0 Å². The molecule has 0 atom stereocenters. The van der Waals surface area contributed by atoms with E-state index in [4.69, 9.17) is 0 Å². The number of hydrogen-bond donors (Lipinski definition) is 1. The van der Waals surface area contributed by atoms with Crippen LogP contribution in [0.15, 0.2) is 61.3 Å². The molecule has 140 valence electrons. The molecule has 8 heteroatoms. The van der Waals surface area contributed by atoms with Crippen LogP contribution in [0.25, 0.3) is 10.7 Å². The van der Waals surface area contributed by atoms with E-state index in [0.29, 0.717) is 23.7 Å². The Morgan fingerprint density at radius 1 is 1.14 bits per heavy atom. The second-order valence-electron chi connectivity index (χ2n) is 6.24. The van der Waals surface area contributed by atoms with Gasteiger partial charge >= 0.3 is 0 Å². The number of benzene rings is 1. The molecule has 0 radical (unpaired) electrons.